The molecule has 3 aromatic rings. The van der Waals surface area contributed by atoms with Gasteiger partial charge >= 0.3 is 0 Å². The molecule has 26 heavy (non-hydrogen) atoms. The molecule has 1 aromatic heterocycles. The van der Waals surface area contributed by atoms with Gasteiger partial charge in [-0.05, 0) is 42.9 Å². The molecule has 1 aliphatic heterocycles. The number of nitrogens with zero attached hydrogens (tertiary/aromatic N) is 3. The maximum absolute atomic E-state index is 4.89. The van der Waals surface area contributed by atoms with E-state index in [2.05, 4.69) is 65.7 Å². The molecular weight excluding hydrogens is 320 g/mol. The summed E-state index contributed by atoms with van der Waals surface area (Å²) in [6.45, 7) is 5.26. The van der Waals surface area contributed by atoms with Gasteiger partial charge in [0.05, 0.1) is 5.52 Å². The SMILES string of the molecule is CC1CCCN(c2nc(NCCc3ccccc3)c3ccccc3n2)C1. The van der Waals surface area contributed by atoms with Crippen LogP contribution in [0.5, 0.6) is 0 Å². The van der Waals surface area contributed by atoms with Crippen molar-refractivity contribution in [1.82, 2.24) is 9.97 Å². The second-order valence-electron chi connectivity index (χ2n) is 7.25. The third kappa shape index (κ3) is 3.79. The molecule has 1 saturated heterocycles. The molecule has 0 bridgehead atoms. The summed E-state index contributed by atoms with van der Waals surface area (Å²) in [6, 6.07) is 18.8. The molecule has 134 valence electrons. The first-order valence-corrected chi connectivity index (χ1v) is 9.59. The molecule has 0 amide bonds. The van der Waals surface area contributed by atoms with Gasteiger partial charge in [-0.1, -0.05) is 49.4 Å². The van der Waals surface area contributed by atoms with E-state index in [0.717, 1.165) is 48.7 Å². The van der Waals surface area contributed by atoms with Crippen molar-refractivity contribution in [3.05, 3.63) is 60.2 Å². The van der Waals surface area contributed by atoms with Crippen LogP contribution in [0.15, 0.2) is 54.6 Å². The lowest BCUT2D eigenvalue weighted by molar-refractivity contribution is 0.442. The van der Waals surface area contributed by atoms with E-state index in [-0.39, 0.29) is 0 Å². The smallest absolute Gasteiger partial charge is 0.227 e. The minimum atomic E-state index is 0.702. The number of rotatable bonds is 5. The van der Waals surface area contributed by atoms with Crippen LogP contribution in [-0.4, -0.2) is 29.6 Å². The summed E-state index contributed by atoms with van der Waals surface area (Å²) in [4.78, 5) is 12.1. The molecule has 2 aromatic carbocycles. The lowest BCUT2D eigenvalue weighted by Crippen LogP contribution is -2.35. The Morgan fingerprint density at radius 3 is 2.69 bits per heavy atom. The lowest BCUT2D eigenvalue weighted by Gasteiger charge is -2.31. The van der Waals surface area contributed by atoms with Gasteiger partial charge in [-0.2, -0.15) is 4.98 Å². The highest BCUT2D eigenvalue weighted by atomic mass is 15.3. The van der Waals surface area contributed by atoms with Crippen LogP contribution in [0.4, 0.5) is 11.8 Å². The molecule has 2 heterocycles. The van der Waals surface area contributed by atoms with Gasteiger partial charge in [0, 0.05) is 25.0 Å². The topological polar surface area (TPSA) is 41.1 Å². The summed E-state index contributed by atoms with van der Waals surface area (Å²) in [5.74, 6) is 2.51. The van der Waals surface area contributed by atoms with Crippen molar-refractivity contribution in [2.45, 2.75) is 26.2 Å². The summed E-state index contributed by atoms with van der Waals surface area (Å²) < 4.78 is 0. The van der Waals surface area contributed by atoms with Crippen molar-refractivity contribution in [1.29, 1.82) is 0 Å². The van der Waals surface area contributed by atoms with E-state index < -0.39 is 0 Å². The van der Waals surface area contributed by atoms with Gasteiger partial charge in [0.1, 0.15) is 5.82 Å². The van der Waals surface area contributed by atoms with Gasteiger partial charge in [-0.15, -0.1) is 0 Å². The zero-order chi connectivity index (χ0) is 17.8. The standard InChI is InChI=1S/C22H26N4/c1-17-8-7-15-26(16-17)22-24-20-12-6-5-11-19(20)21(25-22)23-14-13-18-9-3-2-4-10-18/h2-6,9-12,17H,7-8,13-16H2,1H3,(H,23,24,25). The van der Waals surface area contributed by atoms with Crippen LogP contribution >= 0.6 is 0 Å². The maximum Gasteiger partial charge on any atom is 0.227 e. The Balaban J connectivity index is 1.57. The number of hydrogen-bond acceptors (Lipinski definition) is 4. The van der Waals surface area contributed by atoms with Crippen molar-refractivity contribution in [2.75, 3.05) is 29.9 Å². The van der Waals surface area contributed by atoms with E-state index in [9.17, 15) is 0 Å². The van der Waals surface area contributed by atoms with Crippen LogP contribution < -0.4 is 10.2 Å². The van der Waals surface area contributed by atoms with Gasteiger partial charge in [0.2, 0.25) is 5.95 Å². The lowest BCUT2D eigenvalue weighted by atomic mass is 10.0. The summed E-state index contributed by atoms with van der Waals surface area (Å²) >= 11 is 0. The van der Waals surface area contributed by atoms with Crippen LogP contribution in [-0.2, 0) is 6.42 Å². The summed E-state index contributed by atoms with van der Waals surface area (Å²) in [5.41, 5.74) is 2.35. The second kappa shape index (κ2) is 7.73. The Morgan fingerprint density at radius 1 is 1.04 bits per heavy atom. The van der Waals surface area contributed by atoms with E-state index in [4.69, 9.17) is 9.97 Å². The first-order chi connectivity index (χ1) is 12.8. The van der Waals surface area contributed by atoms with Gasteiger partial charge in [-0.3, -0.25) is 0 Å². The fraction of sp³-hybridized carbons (Fsp3) is 0.364. The zero-order valence-electron chi connectivity index (χ0n) is 15.4. The van der Waals surface area contributed by atoms with Crippen LogP contribution in [0, 0.1) is 5.92 Å². The zero-order valence-corrected chi connectivity index (χ0v) is 15.4. The second-order valence-corrected chi connectivity index (χ2v) is 7.25. The molecular formula is C22H26N4. The number of benzene rings is 2. The molecule has 1 unspecified atom stereocenters. The first kappa shape index (κ1) is 16.8. The first-order valence-electron chi connectivity index (χ1n) is 9.59. The van der Waals surface area contributed by atoms with Crippen LogP contribution in [0.1, 0.15) is 25.3 Å². The van der Waals surface area contributed by atoms with E-state index >= 15 is 0 Å². The van der Waals surface area contributed by atoms with Crippen molar-refractivity contribution in [2.24, 2.45) is 5.92 Å². The molecule has 1 fully saturated rings. The van der Waals surface area contributed by atoms with Gasteiger partial charge in [-0.25, -0.2) is 4.98 Å². The molecule has 0 saturated carbocycles. The van der Waals surface area contributed by atoms with Crippen molar-refractivity contribution in [3.8, 4) is 0 Å². The number of nitrogens with one attached hydrogen (secondary N) is 1. The molecule has 0 spiro atoms. The fourth-order valence-electron chi connectivity index (χ4n) is 3.68. The van der Waals surface area contributed by atoms with Crippen LogP contribution in [0.25, 0.3) is 10.9 Å². The highest BCUT2D eigenvalue weighted by Crippen LogP contribution is 2.26. The largest absolute Gasteiger partial charge is 0.369 e. The Labute approximate surface area is 155 Å². The third-order valence-corrected chi connectivity index (χ3v) is 5.08. The average molecular weight is 346 g/mol. The highest BCUT2D eigenvalue weighted by Gasteiger charge is 2.20. The number of para-hydroxylation sites is 1. The summed E-state index contributed by atoms with van der Waals surface area (Å²) in [5, 5.41) is 4.64. The molecule has 4 nitrogen and oxygen atoms in total. The number of hydrogen-bond donors (Lipinski definition) is 1. The number of aromatic nitrogens is 2. The van der Waals surface area contributed by atoms with E-state index in [1.54, 1.807) is 0 Å². The highest BCUT2D eigenvalue weighted by molar-refractivity contribution is 5.90. The number of anilines is 2. The van der Waals surface area contributed by atoms with Crippen LogP contribution in [0.3, 0.4) is 0 Å². The fourth-order valence-corrected chi connectivity index (χ4v) is 3.68. The molecule has 4 heteroatoms. The minimum absolute atomic E-state index is 0.702. The number of fused-ring (bicyclic) bond motifs is 1. The van der Waals surface area contributed by atoms with Gasteiger partial charge < -0.3 is 10.2 Å². The van der Waals surface area contributed by atoms with E-state index in [1.807, 2.05) is 6.07 Å². The summed E-state index contributed by atoms with van der Waals surface area (Å²) in [7, 11) is 0. The van der Waals surface area contributed by atoms with Crippen molar-refractivity contribution >= 4 is 22.7 Å². The Hall–Kier alpha value is -2.62. The third-order valence-electron chi connectivity index (χ3n) is 5.08. The monoisotopic (exact) mass is 346 g/mol. The molecule has 1 aliphatic rings. The molecule has 4 rings (SSSR count). The minimum Gasteiger partial charge on any atom is -0.369 e. The Bertz CT molecular complexity index is 862. The maximum atomic E-state index is 4.89. The predicted molar refractivity (Wildman–Crippen MR) is 109 cm³/mol. The molecule has 0 radical (unpaired) electrons. The van der Waals surface area contributed by atoms with Gasteiger partial charge in [0.25, 0.3) is 0 Å². The Morgan fingerprint density at radius 2 is 1.85 bits per heavy atom. The average Bonchev–Trinajstić information content (AvgIpc) is 2.68. The quantitative estimate of drug-likeness (QED) is 0.737. The number of piperidine rings is 1. The van der Waals surface area contributed by atoms with E-state index in [0.29, 0.717) is 5.92 Å². The van der Waals surface area contributed by atoms with Gasteiger partial charge in [0.15, 0.2) is 0 Å². The molecule has 0 aliphatic carbocycles. The van der Waals surface area contributed by atoms with Crippen molar-refractivity contribution in [3.63, 3.8) is 0 Å². The normalized spacial score (nSPS) is 17.4. The predicted octanol–water partition coefficient (Wildman–Crippen LogP) is 4.52. The molecule has 1 N–H and O–H groups in total. The Kier molecular flexibility index (Phi) is 5.00. The summed E-state index contributed by atoms with van der Waals surface area (Å²) in [6.07, 6.45) is 3.50. The van der Waals surface area contributed by atoms with Crippen LogP contribution in [0.2, 0.25) is 0 Å². The molecule has 1 atom stereocenters. The van der Waals surface area contributed by atoms with Crippen molar-refractivity contribution < 1.29 is 0 Å². The van der Waals surface area contributed by atoms with E-state index in [1.165, 1.54) is 18.4 Å².